The van der Waals surface area contributed by atoms with Crippen LogP contribution >= 0.6 is 0 Å². The van der Waals surface area contributed by atoms with Crippen molar-refractivity contribution in [3.05, 3.63) is 43.0 Å². The lowest BCUT2D eigenvalue weighted by molar-refractivity contribution is -0.143. The number of para-hydroxylation sites is 1. The van der Waals surface area contributed by atoms with E-state index in [9.17, 15) is 4.79 Å². The molecule has 0 radical (unpaired) electrons. The van der Waals surface area contributed by atoms with Gasteiger partial charge in [0.2, 0.25) is 0 Å². The molecular weight excluding hydrogens is 354 g/mol. The van der Waals surface area contributed by atoms with Gasteiger partial charge >= 0.3 is 5.97 Å². The number of carbonyl (C=O) groups excluding carboxylic acids is 1. The van der Waals surface area contributed by atoms with E-state index in [1.54, 1.807) is 0 Å². The van der Waals surface area contributed by atoms with Crippen molar-refractivity contribution >= 4 is 22.7 Å². The fourth-order valence-corrected chi connectivity index (χ4v) is 3.73. The lowest BCUT2D eigenvalue weighted by atomic mass is 10.0. The molecule has 7 nitrogen and oxygen atoms in total. The standard InChI is InChI=1S/C21H25N5O2/c1-3-28-20(27)14-26-13-18(17-12-22-15-23-21(17)26)16-6-4-5-7-19(16)25-10-8-24(2)9-11-25/h4-7,12-13,15H,3,8-11,14H2,1-2H3. The van der Waals surface area contributed by atoms with Gasteiger partial charge in [0.05, 0.1) is 6.61 Å². The second-order valence-corrected chi connectivity index (χ2v) is 7.04. The number of likely N-dealkylation sites (N-methyl/N-ethyl adjacent to an activating group) is 1. The summed E-state index contributed by atoms with van der Waals surface area (Å²) in [4.78, 5) is 25.5. The van der Waals surface area contributed by atoms with E-state index in [1.807, 2.05) is 30.0 Å². The monoisotopic (exact) mass is 379 g/mol. The molecule has 0 N–H and O–H groups in total. The molecule has 1 saturated heterocycles. The molecular formula is C21H25N5O2. The van der Waals surface area contributed by atoms with Crippen LogP contribution in [-0.2, 0) is 16.1 Å². The Labute approximate surface area is 164 Å². The Hall–Kier alpha value is -2.93. The molecule has 1 fully saturated rings. The third kappa shape index (κ3) is 3.57. The number of piperazine rings is 1. The highest BCUT2D eigenvalue weighted by Crippen LogP contribution is 2.36. The first-order chi connectivity index (χ1) is 13.7. The van der Waals surface area contributed by atoms with E-state index >= 15 is 0 Å². The molecule has 0 atom stereocenters. The van der Waals surface area contributed by atoms with Crippen LogP contribution in [0.5, 0.6) is 0 Å². The molecule has 0 saturated carbocycles. The molecule has 7 heteroatoms. The highest BCUT2D eigenvalue weighted by Gasteiger charge is 2.20. The van der Waals surface area contributed by atoms with Crippen LogP contribution in [0.25, 0.3) is 22.2 Å². The van der Waals surface area contributed by atoms with Crippen LogP contribution in [0.3, 0.4) is 0 Å². The van der Waals surface area contributed by atoms with Crippen LogP contribution in [0.15, 0.2) is 43.0 Å². The van der Waals surface area contributed by atoms with Crippen molar-refractivity contribution in [3.63, 3.8) is 0 Å². The predicted octanol–water partition coefficient (Wildman–Crippen LogP) is 2.41. The van der Waals surface area contributed by atoms with Gasteiger partial charge in [-0.15, -0.1) is 0 Å². The maximum atomic E-state index is 12.0. The number of rotatable bonds is 5. The number of aromatic nitrogens is 3. The van der Waals surface area contributed by atoms with Gasteiger partial charge in [0.25, 0.3) is 0 Å². The first-order valence-electron chi connectivity index (χ1n) is 9.64. The van der Waals surface area contributed by atoms with E-state index in [-0.39, 0.29) is 12.5 Å². The van der Waals surface area contributed by atoms with Crippen molar-refractivity contribution < 1.29 is 9.53 Å². The highest BCUT2D eigenvalue weighted by atomic mass is 16.5. The molecule has 1 aliphatic heterocycles. The Balaban J connectivity index is 1.77. The van der Waals surface area contributed by atoms with Crippen molar-refractivity contribution in [2.45, 2.75) is 13.5 Å². The molecule has 4 rings (SSSR count). The number of fused-ring (bicyclic) bond motifs is 1. The molecule has 0 unspecified atom stereocenters. The minimum Gasteiger partial charge on any atom is -0.465 e. The first kappa shape index (κ1) is 18.4. The maximum Gasteiger partial charge on any atom is 0.325 e. The third-order valence-corrected chi connectivity index (χ3v) is 5.18. The van der Waals surface area contributed by atoms with Crippen molar-refractivity contribution in [3.8, 4) is 11.1 Å². The minimum atomic E-state index is -0.267. The molecule has 28 heavy (non-hydrogen) atoms. The SMILES string of the molecule is CCOC(=O)Cn1cc(-c2ccccc2N2CCN(C)CC2)c2cncnc21. The number of carbonyl (C=O) groups is 1. The van der Waals surface area contributed by atoms with Gasteiger partial charge in [-0.05, 0) is 20.0 Å². The van der Waals surface area contributed by atoms with Crippen LogP contribution in [0.1, 0.15) is 6.92 Å². The summed E-state index contributed by atoms with van der Waals surface area (Å²) in [5.41, 5.74) is 4.12. The van der Waals surface area contributed by atoms with Crippen LogP contribution < -0.4 is 4.90 Å². The van der Waals surface area contributed by atoms with Gasteiger partial charge in [-0.2, -0.15) is 0 Å². The Morgan fingerprint density at radius 1 is 1.14 bits per heavy atom. The summed E-state index contributed by atoms with van der Waals surface area (Å²) in [6.45, 7) is 6.39. The maximum absolute atomic E-state index is 12.0. The largest absolute Gasteiger partial charge is 0.465 e. The second-order valence-electron chi connectivity index (χ2n) is 7.04. The number of hydrogen-bond donors (Lipinski definition) is 0. The van der Waals surface area contributed by atoms with E-state index < -0.39 is 0 Å². The summed E-state index contributed by atoms with van der Waals surface area (Å²) < 4.78 is 6.97. The van der Waals surface area contributed by atoms with Crippen molar-refractivity contribution in [1.82, 2.24) is 19.4 Å². The molecule has 0 amide bonds. The second kappa shape index (κ2) is 7.98. The quantitative estimate of drug-likeness (QED) is 0.635. The molecule has 1 aromatic carbocycles. The average Bonchev–Trinajstić information content (AvgIpc) is 3.07. The number of esters is 1. The topological polar surface area (TPSA) is 63.5 Å². The van der Waals surface area contributed by atoms with Gasteiger partial charge in [0, 0.05) is 60.8 Å². The normalized spacial score (nSPS) is 15.1. The summed E-state index contributed by atoms with van der Waals surface area (Å²) in [6, 6.07) is 8.42. The summed E-state index contributed by atoms with van der Waals surface area (Å²) in [6.07, 6.45) is 5.32. The summed E-state index contributed by atoms with van der Waals surface area (Å²) in [5.74, 6) is -0.267. The van der Waals surface area contributed by atoms with E-state index in [1.165, 1.54) is 12.0 Å². The van der Waals surface area contributed by atoms with E-state index in [0.717, 1.165) is 48.3 Å². The Bertz CT molecular complexity index is 976. The first-order valence-corrected chi connectivity index (χ1v) is 9.64. The van der Waals surface area contributed by atoms with Crippen LogP contribution in [0.2, 0.25) is 0 Å². The van der Waals surface area contributed by atoms with E-state index in [4.69, 9.17) is 4.74 Å². The zero-order valence-corrected chi connectivity index (χ0v) is 16.3. The molecule has 2 aromatic heterocycles. The van der Waals surface area contributed by atoms with Crippen LogP contribution in [0, 0.1) is 0 Å². The third-order valence-electron chi connectivity index (χ3n) is 5.18. The Morgan fingerprint density at radius 3 is 2.71 bits per heavy atom. The summed E-state index contributed by atoms with van der Waals surface area (Å²) in [5, 5.41) is 0.938. The smallest absolute Gasteiger partial charge is 0.325 e. The lowest BCUT2D eigenvalue weighted by Gasteiger charge is -2.35. The zero-order chi connectivity index (χ0) is 19.5. The number of nitrogens with zero attached hydrogens (tertiary/aromatic N) is 5. The van der Waals surface area contributed by atoms with Crippen LogP contribution in [0.4, 0.5) is 5.69 Å². The van der Waals surface area contributed by atoms with Gasteiger partial charge in [-0.25, -0.2) is 9.97 Å². The number of benzene rings is 1. The lowest BCUT2D eigenvalue weighted by Crippen LogP contribution is -2.44. The van der Waals surface area contributed by atoms with Gasteiger partial charge in [-0.3, -0.25) is 4.79 Å². The molecule has 0 bridgehead atoms. The molecule has 3 aromatic rings. The molecule has 0 spiro atoms. The van der Waals surface area contributed by atoms with E-state index in [2.05, 4.69) is 45.0 Å². The van der Waals surface area contributed by atoms with Gasteiger partial charge in [-0.1, -0.05) is 18.2 Å². The number of ether oxygens (including phenoxy) is 1. The molecule has 3 heterocycles. The predicted molar refractivity (Wildman–Crippen MR) is 109 cm³/mol. The Kier molecular flexibility index (Phi) is 5.25. The van der Waals surface area contributed by atoms with Crippen molar-refractivity contribution in [2.24, 2.45) is 0 Å². The molecule has 146 valence electrons. The minimum absolute atomic E-state index is 0.137. The Morgan fingerprint density at radius 2 is 1.93 bits per heavy atom. The van der Waals surface area contributed by atoms with Gasteiger partial charge in [0.15, 0.2) is 0 Å². The fraction of sp³-hybridized carbons (Fsp3) is 0.381. The van der Waals surface area contributed by atoms with E-state index in [0.29, 0.717) is 6.61 Å². The van der Waals surface area contributed by atoms with Gasteiger partial charge in [0.1, 0.15) is 18.5 Å². The summed E-state index contributed by atoms with van der Waals surface area (Å²) >= 11 is 0. The molecule has 1 aliphatic rings. The highest BCUT2D eigenvalue weighted by molar-refractivity contribution is 5.97. The zero-order valence-electron chi connectivity index (χ0n) is 16.3. The molecule has 0 aliphatic carbocycles. The van der Waals surface area contributed by atoms with Crippen molar-refractivity contribution in [1.29, 1.82) is 0 Å². The number of anilines is 1. The van der Waals surface area contributed by atoms with Gasteiger partial charge < -0.3 is 19.1 Å². The van der Waals surface area contributed by atoms with Crippen LogP contribution in [-0.4, -0.2) is 65.2 Å². The fourth-order valence-electron chi connectivity index (χ4n) is 3.73. The summed E-state index contributed by atoms with van der Waals surface area (Å²) in [7, 11) is 2.16. The number of hydrogen-bond acceptors (Lipinski definition) is 6. The average molecular weight is 379 g/mol. The van der Waals surface area contributed by atoms with Crippen molar-refractivity contribution in [2.75, 3.05) is 44.7 Å².